The summed E-state index contributed by atoms with van der Waals surface area (Å²) in [6.07, 6.45) is 2.67. The number of hydrogen-bond donors (Lipinski definition) is 1. The van der Waals surface area contributed by atoms with E-state index in [1.807, 2.05) is 12.1 Å². The Morgan fingerprint density at radius 2 is 2.05 bits per heavy atom. The second-order valence-corrected chi connectivity index (χ2v) is 6.12. The number of carbonyl (C=O) groups excluding carboxylic acids is 1. The van der Waals surface area contributed by atoms with Crippen molar-refractivity contribution < 1.29 is 4.79 Å². The van der Waals surface area contributed by atoms with E-state index >= 15 is 0 Å². The Labute approximate surface area is 123 Å². The molecular formula is C16H18N2OS. The van der Waals surface area contributed by atoms with Crippen molar-refractivity contribution in [2.75, 3.05) is 0 Å². The van der Waals surface area contributed by atoms with Gasteiger partial charge in [-0.15, -0.1) is 11.3 Å². The summed E-state index contributed by atoms with van der Waals surface area (Å²) in [4.78, 5) is 16.7. The Hall–Kier alpha value is -1.68. The zero-order chi connectivity index (χ0) is 13.9. The Morgan fingerprint density at radius 3 is 2.65 bits per heavy atom. The normalized spacial score (nSPS) is 14.2. The van der Waals surface area contributed by atoms with Gasteiger partial charge in [0.25, 0.3) is 0 Å². The van der Waals surface area contributed by atoms with Gasteiger partial charge in [0.2, 0.25) is 5.91 Å². The van der Waals surface area contributed by atoms with E-state index in [0.29, 0.717) is 6.54 Å². The summed E-state index contributed by atoms with van der Waals surface area (Å²) in [6.45, 7) is 2.64. The van der Waals surface area contributed by atoms with Crippen molar-refractivity contribution in [3.8, 4) is 0 Å². The Morgan fingerprint density at radius 1 is 1.35 bits per heavy atom. The van der Waals surface area contributed by atoms with Gasteiger partial charge < -0.3 is 5.32 Å². The lowest BCUT2D eigenvalue weighted by atomic mass is 10.1. The molecule has 104 valence electrons. The average molecular weight is 286 g/mol. The van der Waals surface area contributed by atoms with Crippen LogP contribution in [0.2, 0.25) is 0 Å². The van der Waals surface area contributed by atoms with Gasteiger partial charge in [0.05, 0.1) is 12.2 Å². The number of amides is 1. The van der Waals surface area contributed by atoms with Crippen LogP contribution >= 0.6 is 11.3 Å². The summed E-state index contributed by atoms with van der Waals surface area (Å²) in [6, 6.07) is 8.33. The highest BCUT2D eigenvalue weighted by Crippen LogP contribution is 2.26. The highest BCUT2D eigenvalue weighted by Gasteiger charge is 2.26. The molecule has 0 saturated carbocycles. The number of thiazole rings is 1. The molecule has 0 spiro atoms. The van der Waals surface area contributed by atoms with E-state index in [2.05, 4.69) is 34.7 Å². The summed E-state index contributed by atoms with van der Waals surface area (Å²) < 4.78 is 0. The number of aryl methyl sites for hydroxylation is 1. The van der Waals surface area contributed by atoms with E-state index in [1.165, 1.54) is 11.1 Å². The lowest BCUT2D eigenvalue weighted by molar-refractivity contribution is -0.124. The molecule has 1 aromatic carbocycles. The number of nitrogens with zero attached hydrogens (tertiary/aromatic N) is 1. The third-order valence-electron chi connectivity index (χ3n) is 3.80. The fourth-order valence-corrected chi connectivity index (χ4v) is 3.46. The van der Waals surface area contributed by atoms with E-state index in [0.717, 1.165) is 30.0 Å². The van der Waals surface area contributed by atoms with Gasteiger partial charge in [-0.3, -0.25) is 4.79 Å². The average Bonchev–Trinajstić information content (AvgIpc) is 3.10. The minimum atomic E-state index is 0.0815. The topological polar surface area (TPSA) is 42.0 Å². The molecule has 1 amide bonds. The van der Waals surface area contributed by atoms with Crippen LogP contribution in [0.3, 0.4) is 0 Å². The Bertz CT molecular complexity index is 595. The van der Waals surface area contributed by atoms with Crippen LogP contribution in [-0.4, -0.2) is 10.9 Å². The van der Waals surface area contributed by atoms with Crippen molar-refractivity contribution in [2.24, 2.45) is 5.92 Å². The minimum absolute atomic E-state index is 0.0815. The Kier molecular flexibility index (Phi) is 3.83. The molecule has 1 heterocycles. The summed E-state index contributed by atoms with van der Waals surface area (Å²) in [5.74, 6) is 0.229. The van der Waals surface area contributed by atoms with Crippen molar-refractivity contribution in [1.29, 1.82) is 0 Å². The van der Waals surface area contributed by atoms with Gasteiger partial charge in [-0.2, -0.15) is 0 Å². The summed E-state index contributed by atoms with van der Waals surface area (Å²) in [7, 11) is 0. The molecule has 3 nitrogen and oxygen atoms in total. The second-order valence-electron chi connectivity index (χ2n) is 5.18. The molecule has 1 aromatic heterocycles. The predicted molar refractivity (Wildman–Crippen MR) is 80.7 cm³/mol. The number of benzene rings is 1. The number of rotatable bonds is 4. The molecule has 0 unspecified atom stereocenters. The first-order valence-corrected chi connectivity index (χ1v) is 7.92. The lowest BCUT2D eigenvalue weighted by Crippen LogP contribution is -2.30. The molecule has 20 heavy (non-hydrogen) atoms. The van der Waals surface area contributed by atoms with Gasteiger partial charge in [0.15, 0.2) is 0 Å². The van der Waals surface area contributed by atoms with E-state index in [4.69, 9.17) is 0 Å². The third-order valence-corrected chi connectivity index (χ3v) is 4.69. The van der Waals surface area contributed by atoms with E-state index in [9.17, 15) is 4.79 Å². The zero-order valence-corrected chi connectivity index (χ0v) is 12.4. The van der Waals surface area contributed by atoms with Crippen molar-refractivity contribution in [3.63, 3.8) is 0 Å². The first-order valence-electron chi connectivity index (χ1n) is 7.04. The van der Waals surface area contributed by atoms with Crippen LogP contribution in [0.1, 0.15) is 28.8 Å². The van der Waals surface area contributed by atoms with Gasteiger partial charge in [-0.1, -0.05) is 31.2 Å². The second kappa shape index (κ2) is 5.75. The molecule has 0 aliphatic heterocycles. The number of carbonyl (C=O) groups is 1. The van der Waals surface area contributed by atoms with Crippen LogP contribution in [0.5, 0.6) is 0 Å². The maximum atomic E-state index is 12.2. The van der Waals surface area contributed by atoms with Crippen molar-refractivity contribution in [2.45, 2.75) is 32.7 Å². The third kappa shape index (κ3) is 2.75. The van der Waals surface area contributed by atoms with Gasteiger partial charge in [-0.25, -0.2) is 4.98 Å². The highest BCUT2D eigenvalue weighted by atomic mass is 32.1. The number of hydrogen-bond acceptors (Lipinski definition) is 3. The van der Waals surface area contributed by atoms with Gasteiger partial charge in [-0.05, 0) is 30.4 Å². The summed E-state index contributed by atoms with van der Waals surface area (Å²) in [5.41, 5.74) is 3.73. The highest BCUT2D eigenvalue weighted by molar-refractivity contribution is 7.09. The maximum Gasteiger partial charge on any atom is 0.224 e. The molecule has 0 atom stereocenters. The Balaban J connectivity index is 1.56. The minimum Gasteiger partial charge on any atom is -0.349 e. The van der Waals surface area contributed by atoms with Crippen molar-refractivity contribution in [3.05, 3.63) is 51.5 Å². The van der Waals surface area contributed by atoms with E-state index in [-0.39, 0.29) is 11.8 Å². The molecule has 4 heteroatoms. The lowest BCUT2D eigenvalue weighted by Gasteiger charge is -2.09. The molecule has 0 bridgehead atoms. The summed E-state index contributed by atoms with van der Waals surface area (Å²) in [5, 5.41) is 6.08. The number of fused-ring (bicyclic) bond motifs is 1. The molecule has 0 saturated heterocycles. The quantitative estimate of drug-likeness (QED) is 0.939. The van der Waals surface area contributed by atoms with Gasteiger partial charge in [0.1, 0.15) is 5.01 Å². The predicted octanol–water partition coefficient (Wildman–Crippen LogP) is 2.74. The first-order chi connectivity index (χ1) is 9.76. The molecule has 1 N–H and O–H groups in total. The van der Waals surface area contributed by atoms with Crippen molar-refractivity contribution in [1.82, 2.24) is 10.3 Å². The van der Waals surface area contributed by atoms with E-state index in [1.54, 1.807) is 11.3 Å². The maximum absolute atomic E-state index is 12.2. The standard InChI is InChI=1S/C16H18N2OS/c1-2-14-10-20-15(18-14)9-17-16(19)13-7-11-5-3-4-6-12(11)8-13/h3-6,10,13H,2,7-9H2,1H3,(H,17,19). The SMILES string of the molecule is CCc1csc(CNC(=O)C2Cc3ccccc3C2)n1. The largest absolute Gasteiger partial charge is 0.349 e. The molecule has 1 aliphatic carbocycles. The van der Waals surface area contributed by atoms with Gasteiger partial charge >= 0.3 is 0 Å². The molecule has 0 radical (unpaired) electrons. The fourth-order valence-electron chi connectivity index (χ4n) is 2.64. The van der Waals surface area contributed by atoms with E-state index < -0.39 is 0 Å². The molecule has 2 aromatic rings. The summed E-state index contributed by atoms with van der Waals surface area (Å²) >= 11 is 1.62. The van der Waals surface area contributed by atoms with Crippen molar-refractivity contribution >= 4 is 17.2 Å². The van der Waals surface area contributed by atoms with Crippen LogP contribution in [0, 0.1) is 5.92 Å². The first kappa shape index (κ1) is 13.3. The zero-order valence-electron chi connectivity index (χ0n) is 11.6. The van der Waals surface area contributed by atoms with Crippen LogP contribution < -0.4 is 5.32 Å². The monoisotopic (exact) mass is 286 g/mol. The molecule has 0 fully saturated rings. The number of nitrogens with one attached hydrogen (secondary N) is 1. The molecule has 3 rings (SSSR count). The smallest absolute Gasteiger partial charge is 0.224 e. The van der Waals surface area contributed by atoms with Crippen LogP contribution in [0.15, 0.2) is 29.6 Å². The number of aromatic nitrogens is 1. The van der Waals surface area contributed by atoms with Crippen LogP contribution in [0.25, 0.3) is 0 Å². The van der Waals surface area contributed by atoms with Gasteiger partial charge in [0, 0.05) is 11.3 Å². The fraction of sp³-hybridized carbons (Fsp3) is 0.375. The molecular weight excluding hydrogens is 268 g/mol. The van der Waals surface area contributed by atoms with Crippen LogP contribution in [0.4, 0.5) is 0 Å². The molecule has 1 aliphatic rings. The van der Waals surface area contributed by atoms with Crippen LogP contribution in [-0.2, 0) is 30.6 Å².